The van der Waals surface area contributed by atoms with E-state index in [0.29, 0.717) is 24.8 Å². The number of ketones is 1. The summed E-state index contributed by atoms with van der Waals surface area (Å²) >= 11 is 1.73. The van der Waals surface area contributed by atoms with Gasteiger partial charge in [-0.2, -0.15) is 0 Å². The molecule has 2 aliphatic rings. The molecule has 8 heteroatoms. The number of fused-ring (bicyclic) bond motifs is 2. The molecule has 0 aliphatic carbocycles. The Bertz CT molecular complexity index is 1190. The van der Waals surface area contributed by atoms with Gasteiger partial charge in [0.15, 0.2) is 12.4 Å². The molecule has 2 aromatic carbocycles. The summed E-state index contributed by atoms with van der Waals surface area (Å²) in [6, 6.07) is 11.1. The minimum absolute atomic E-state index is 0.104. The Hall–Kier alpha value is -3.13. The first-order valence-electron chi connectivity index (χ1n) is 11.1. The molecule has 3 heterocycles. The van der Waals surface area contributed by atoms with E-state index in [1.165, 1.54) is 10.8 Å². The number of piperidine rings is 1. The number of aromatic hydroxyl groups is 1. The normalized spacial score (nSPS) is 18.1. The average molecular weight is 467 g/mol. The lowest BCUT2D eigenvalue weighted by Crippen LogP contribution is -2.40. The molecule has 1 N–H and O–H groups in total. The summed E-state index contributed by atoms with van der Waals surface area (Å²) in [6.45, 7) is 4.81. The molecule has 0 unspecified atom stereocenters. The highest BCUT2D eigenvalue weighted by atomic mass is 32.1. The average Bonchev–Trinajstić information content (AvgIpc) is 3.20. The monoisotopic (exact) mass is 466 g/mol. The third-order valence-electron chi connectivity index (χ3n) is 6.18. The van der Waals surface area contributed by atoms with Crippen LogP contribution in [0.4, 0.5) is 0 Å². The van der Waals surface area contributed by atoms with Gasteiger partial charge < -0.3 is 19.5 Å². The first kappa shape index (κ1) is 21.7. The van der Waals surface area contributed by atoms with Gasteiger partial charge in [0.25, 0.3) is 5.91 Å². The number of aromatic nitrogens is 1. The molecule has 0 bridgehead atoms. The van der Waals surface area contributed by atoms with E-state index < -0.39 is 5.60 Å². The number of likely N-dealkylation sites (tertiary alicyclic amines) is 1. The Labute approximate surface area is 196 Å². The van der Waals surface area contributed by atoms with Crippen molar-refractivity contribution in [1.29, 1.82) is 0 Å². The first-order valence-corrected chi connectivity index (χ1v) is 12.0. The molecule has 172 valence electrons. The molecule has 0 saturated carbocycles. The largest absolute Gasteiger partial charge is 0.507 e. The fourth-order valence-corrected chi connectivity index (χ4v) is 5.64. The van der Waals surface area contributed by atoms with Crippen molar-refractivity contribution in [2.45, 2.75) is 44.6 Å². The number of hydrogen-bond acceptors (Lipinski definition) is 7. The van der Waals surface area contributed by atoms with Gasteiger partial charge in [0.1, 0.15) is 28.4 Å². The molecule has 5 rings (SSSR count). The molecule has 0 atom stereocenters. The lowest BCUT2D eigenvalue weighted by molar-refractivity contribution is -0.134. The van der Waals surface area contributed by atoms with Crippen molar-refractivity contribution in [2.75, 3.05) is 19.7 Å². The standard InChI is InChI=1S/C25H26N2O5S/c1-25(2)13-19(29)23-18(28)11-16(12-20(23)32-25)31-14-22(30)27-9-7-15(8-10-27)24-26-17-5-3-4-6-21(17)33-24/h3-6,11-12,15,28H,7-10,13-14H2,1-2H3. The van der Waals surface area contributed by atoms with Crippen molar-refractivity contribution in [3.8, 4) is 17.2 Å². The van der Waals surface area contributed by atoms with Crippen molar-refractivity contribution in [2.24, 2.45) is 0 Å². The van der Waals surface area contributed by atoms with Crippen LogP contribution in [0.25, 0.3) is 10.2 Å². The molecular formula is C25H26N2O5S. The minimum atomic E-state index is -0.654. The predicted octanol–water partition coefficient (Wildman–Crippen LogP) is 4.53. The summed E-state index contributed by atoms with van der Waals surface area (Å²) < 4.78 is 12.7. The fourth-order valence-electron chi connectivity index (χ4n) is 4.51. The lowest BCUT2D eigenvalue weighted by atomic mass is 9.92. The SMILES string of the molecule is CC1(C)CC(=O)c2c(O)cc(OCC(=O)N3CCC(c4nc5ccccc5s4)CC3)cc2O1. The van der Waals surface area contributed by atoms with Crippen LogP contribution in [-0.4, -0.2) is 52.0 Å². The number of phenols is 1. The molecule has 33 heavy (non-hydrogen) atoms. The van der Waals surface area contributed by atoms with Gasteiger partial charge in [-0.15, -0.1) is 11.3 Å². The molecule has 1 amide bonds. The van der Waals surface area contributed by atoms with Gasteiger partial charge in [0.2, 0.25) is 0 Å². The number of carbonyl (C=O) groups is 2. The van der Waals surface area contributed by atoms with Crippen LogP contribution in [0, 0.1) is 0 Å². The van der Waals surface area contributed by atoms with E-state index in [-0.39, 0.29) is 41.8 Å². The fraction of sp³-hybridized carbons (Fsp3) is 0.400. The van der Waals surface area contributed by atoms with Crippen molar-refractivity contribution in [1.82, 2.24) is 9.88 Å². The molecule has 2 aliphatic heterocycles. The van der Waals surface area contributed by atoms with Gasteiger partial charge >= 0.3 is 0 Å². The van der Waals surface area contributed by atoms with Crippen LogP contribution < -0.4 is 9.47 Å². The number of thiazole rings is 1. The molecular weight excluding hydrogens is 440 g/mol. The Morgan fingerprint density at radius 2 is 2.03 bits per heavy atom. The molecule has 1 fully saturated rings. The predicted molar refractivity (Wildman–Crippen MR) is 125 cm³/mol. The number of nitrogens with zero attached hydrogens (tertiary/aromatic N) is 2. The van der Waals surface area contributed by atoms with Crippen LogP contribution in [-0.2, 0) is 4.79 Å². The Balaban J connectivity index is 1.19. The summed E-state index contributed by atoms with van der Waals surface area (Å²) in [6.07, 6.45) is 1.94. The van der Waals surface area contributed by atoms with Crippen LogP contribution in [0.1, 0.15) is 54.4 Å². The van der Waals surface area contributed by atoms with E-state index in [0.717, 1.165) is 23.4 Å². The van der Waals surface area contributed by atoms with Crippen molar-refractivity contribution < 1.29 is 24.2 Å². The quantitative estimate of drug-likeness (QED) is 0.608. The number of phenolic OH excluding ortho intramolecular Hbond substituents is 1. The Morgan fingerprint density at radius 1 is 1.27 bits per heavy atom. The smallest absolute Gasteiger partial charge is 0.260 e. The third-order valence-corrected chi connectivity index (χ3v) is 7.37. The van der Waals surface area contributed by atoms with Gasteiger partial charge in [-0.05, 0) is 38.8 Å². The Morgan fingerprint density at radius 3 is 2.79 bits per heavy atom. The third kappa shape index (κ3) is 4.39. The van der Waals surface area contributed by atoms with Crippen LogP contribution >= 0.6 is 11.3 Å². The van der Waals surface area contributed by atoms with E-state index in [9.17, 15) is 14.7 Å². The molecule has 7 nitrogen and oxygen atoms in total. The highest BCUT2D eigenvalue weighted by Crippen LogP contribution is 2.41. The number of amides is 1. The zero-order chi connectivity index (χ0) is 23.2. The number of Topliss-reactive ketones (excluding diaryl/α,β-unsaturated/α-hetero) is 1. The van der Waals surface area contributed by atoms with E-state index in [4.69, 9.17) is 14.5 Å². The summed E-state index contributed by atoms with van der Waals surface area (Å²) in [4.78, 5) is 31.6. The van der Waals surface area contributed by atoms with Crippen LogP contribution in [0.5, 0.6) is 17.2 Å². The van der Waals surface area contributed by atoms with Gasteiger partial charge in [-0.1, -0.05) is 12.1 Å². The maximum atomic E-state index is 12.7. The van der Waals surface area contributed by atoms with Gasteiger partial charge in [-0.25, -0.2) is 4.98 Å². The van der Waals surface area contributed by atoms with Crippen molar-refractivity contribution in [3.05, 3.63) is 47.0 Å². The first-order chi connectivity index (χ1) is 15.8. The molecule has 0 radical (unpaired) electrons. The maximum Gasteiger partial charge on any atom is 0.260 e. The molecule has 1 saturated heterocycles. The maximum absolute atomic E-state index is 12.7. The van der Waals surface area contributed by atoms with E-state index >= 15 is 0 Å². The van der Waals surface area contributed by atoms with Crippen molar-refractivity contribution >= 4 is 33.2 Å². The van der Waals surface area contributed by atoms with Gasteiger partial charge in [0.05, 0.1) is 21.6 Å². The topological polar surface area (TPSA) is 89.0 Å². The van der Waals surface area contributed by atoms with Crippen LogP contribution in [0.3, 0.4) is 0 Å². The van der Waals surface area contributed by atoms with Crippen LogP contribution in [0.2, 0.25) is 0 Å². The number of rotatable bonds is 4. The number of hydrogen-bond donors (Lipinski definition) is 1. The zero-order valence-corrected chi connectivity index (χ0v) is 19.5. The number of ether oxygens (including phenoxy) is 2. The Kier molecular flexibility index (Phi) is 5.48. The summed E-state index contributed by atoms with van der Waals surface area (Å²) in [7, 11) is 0. The molecule has 1 aromatic heterocycles. The van der Waals surface area contributed by atoms with Crippen molar-refractivity contribution in [3.63, 3.8) is 0 Å². The summed E-state index contributed by atoms with van der Waals surface area (Å²) in [5.74, 6) is 0.490. The zero-order valence-electron chi connectivity index (χ0n) is 18.7. The van der Waals surface area contributed by atoms with E-state index in [1.54, 1.807) is 17.4 Å². The molecule has 3 aromatic rings. The number of carbonyl (C=O) groups excluding carboxylic acids is 2. The second-order valence-corrected chi connectivity index (χ2v) is 10.3. The minimum Gasteiger partial charge on any atom is -0.507 e. The van der Waals surface area contributed by atoms with E-state index in [1.807, 2.05) is 36.9 Å². The second-order valence-electron chi connectivity index (χ2n) is 9.24. The van der Waals surface area contributed by atoms with Gasteiger partial charge in [-0.3, -0.25) is 9.59 Å². The highest BCUT2D eigenvalue weighted by molar-refractivity contribution is 7.18. The van der Waals surface area contributed by atoms with E-state index in [2.05, 4.69) is 6.07 Å². The number of para-hydroxylation sites is 1. The summed E-state index contributed by atoms with van der Waals surface area (Å²) in [5, 5.41) is 11.4. The van der Waals surface area contributed by atoms with Crippen LogP contribution in [0.15, 0.2) is 36.4 Å². The van der Waals surface area contributed by atoms with Gasteiger partial charge in [0, 0.05) is 31.1 Å². The number of benzene rings is 2. The second kappa shape index (κ2) is 8.33. The lowest BCUT2D eigenvalue weighted by Gasteiger charge is -2.32. The molecule has 0 spiro atoms. The summed E-state index contributed by atoms with van der Waals surface area (Å²) in [5.41, 5.74) is 0.551. The highest BCUT2D eigenvalue weighted by Gasteiger charge is 2.35.